The summed E-state index contributed by atoms with van der Waals surface area (Å²) in [7, 11) is 0. The molecule has 198 valence electrons. The van der Waals surface area contributed by atoms with Gasteiger partial charge in [-0.25, -0.2) is 0 Å². The number of hydrazone groups is 1. The number of fused-ring (bicyclic) bond motifs is 3. The van der Waals surface area contributed by atoms with Crippen LogP contribution in [0.15, 0.2) is 119 Å². The molecule has 0 radical (unpaired) electrons. The van der Waals surface area contributed by atoms with Gasteiger partial charge in [0.2, 0.25) is 0 Å². The SMILES string of the molecule is CC(C)N1C=NN(c2[c-]ccc3c2oc2ccccc23)[CH-]1.[Ir+3].[c-]1ccc(-c2ccccc2)cc1-c1ccccn1. The number of para-hydroxylation sites is 1. The van der Waals surface area contributed by atoms with E-state index in [9.17, 15) is 0 Å². The first-order valence-electron chi connectivity index (χ1n) is 12.9. The molecule has 0 spiro atoms. The second-order valence-corrected chi connectivity index (χ2v) is 9.47. The van der Waals surface area contributed by atoms with Crippen LogP contribution in [-0.2, 0) is 20.1 Å². The van der Waals surface area contributed by atoms with Crippen molar-refractivity contribution in [3.8, 4) is 22.4 Å². The van der Waals surface area contributed by atoms with E-state index in [1.807, 2.05) is 90.8 Å². The van der Waals surface area contributed by atoms with Gasteiger partial charge in [0.25, 0.3) is 0 Å². The van der Waals surface area contributed by atoms with Crippen LogP contribution >= 0.6 is 0 Å². The molecule has 0 bridgehead atoms. The summed E-state index contributed by atoms with van der Waals surface area (Å²) in [5.74, 6) is 0. The molecule has 0 N–H and O–H groups in total. The average molecular weight is 700 g/mol. The van der Waals surface area contributed by atoms with E-state index in [0.717, 1.165) is 38.9 Å². The fourth-order valence-electron chi connectivity index (χ4n) is 4.48. The standard InChI is InChI=1S/C17H15N3O.C17H12N.Ir/c1-12(2)19-10-18-20(11-19)15-8-5-7-14-13-6-3-4-9-16(13)21-17(14)15;1-2-7-14(8-3-1)15-9-6-10-16(13-15)17-11-4-5-12-18-17;/h3-7,9-12H,1-2H3;1-9,11-13H;/q-2;-1;+3. The predicted molar refractivity (Wildman–Crippen MR) is 159 cm³/mol. The zero-order valence-electron chi connectivity index (χ0n) is 22.2. The fourth-order valence-corrected chi connectivity index (χ4v) is 4.48. The minimum absolute atomic E-state index is 0. The molecule has 3 heterocycles. The van der Waals surface area contributed by atoms with Crippen molar-refractivity contribution in [3.63, 3.8) is 0 Å². The van der Waals surface area contributed by atoms with Crippen molar-refractivity contribution in [2.75, 3.05) is 5.01 Å². The van der Waals surface area contributed by atoms with Crippen molar-refractivity contribution in [1.29, 1.82) is 0 Å². The maximum absolute atomic E-state index is 6.01. The van der Waals surface area contributed by atoms with E-state index >= 15 is 0 Å². The quantitative estimate of drug-likeness (QED) is 0.174. The fraction of sp³-hybridized carbons (Fsp3) is 0.0882. The van der Waals surface area contributed by atoms with Crippen LogP contribution in [0.2, 0.25) is 0 Å². The Hall–Kier alpha value is -4.25. The van der Waals surface area contributed by atoms with Gasteiger partial charge in [-0.2, -0.15) is 23.3 Å². The Morgan fingerprint density at radius 2 is 1.57 bits per heavy atom. The van der Waals surface area contributed by atoms with E-state index in [1.165, 1.54) is 11.1 Å². The van der Waals surface area contributed by atoms with E-state index in [0.29, 0.717) is 6.04 Å². The smallest absolute Gasteiger partial charge is 0.514 e. The number of hydrogen-bond acceptors (Lipinski definition) is 5. The van der Waals surface area contributed by atoms with Crippen LogP contribution in [0.4, 0.5) is 5.69 Å². The van der Waals surface area contributed by atoms with Crippen molar-refractivity contribution in [3.05, 3.63) is 128 Å². The van der Waals surface area contributed by atoms with Crippen LogP contribution in [0, 0.1) is 18.8 Å². The Kier molecular flexibility index (Phi) is 8.39. The zero-order valence-corrected chi connectivity index (χ0v) is 24.5. The number of nitrogens with zero attached hydrogens (tertiary/aromatic N) is 4. The summed E-state index contributed by atoms with van der Waals surface area (Å²) < 4.78 is 6.01. The topological polar surface area (TPSA) is 44.9 Å². The largest absolute Gasteiger partial charge is 3.00 e. The molecule has 0 atom stereocenters. The molecule has 0 amide bonds. The van der Waals surface area contributed by atoms with Gasteiger partial charge in [0, 0.05) is 17.2 Å². The van der Waals surface area contributed by atoms with E-state index in [2.05, 4.69) is 71.3 Å². The van der Waals surface area contributed by atoms with Gasteiger partial charge in [-0.1, -0.05) is 66.0 Å². The normalized spacial score (nSPS) is 12.5. The minimum Gasteiger partial charge on any atom is -0.514 e. The summed E-state index contributed by atoms with van der Waals surface area (Å²) >= 11 is 0. The summed E-state index contributed by atoms with van der Waals surface area (Å²) in [5.41, 5.74) is 6.92. The van der Waals surface area contributed by atoms with Gasteiger partial charge in [-0.3, -0.25) is 0 Å². The monoisotopic (exact) mass is 700 g/mol. The summed E-state index contributed by atoms with van der Waals surface area (Å²) in [6.45, 7) is 6.21. The van der Waals surface area contributed by atoms with Gasteiger partial charge >= 0.3 is 20.1 Å². The number of rotatable bonds is 4. The maximum atomic E-state index is 6.01. The maximum Gasteiger partial charge on any atom is 3.00 e. The first-order chi connectivity index (χ1) is 19.2. The summed E-state index contributed by atoms with van der Waals surface area (Å²) in [6.07, 6.45) is 3.62. The molecule has 0 saturated heterocycles. The Morgan fingerprint density at radius 3 is 2.35 bits per heavy atom. The molecular formula is C34H27IrN4O. The predicted octanol–water partition coefficient (Wildman–Crippen LogP) is 8.19. The van der Waals surface area contributed by atoms with E-state index in [1.54, 1.807) is 6.20 Å². The first-order valence-corrected chi connectivity index (χ1v) is 12.9. The summed E-state index contributed by atoms with van der Waals surface area (Å²) in [4.78, 5) is 6.40. The number of pyridine rings is 1. The Balaban J connectivity index is 0.000000159. The Morgan fingerprint density at radius 1 is 0.800 bits per heavy atom. The van der Waals surface area contributed by atoms with Gasteiger partial charge in [0.15, 0.2) is 0 Å². The number of hydrogen-bond donors (Lipinski definition) is 0. The molecule has 6 heteroatoms. The zero-order chi connectivity index (χ0) is 26.6. The molecule has 0 saturated carbocycles. The van der Waals surface area contributed by atoms with Crippen molar-refractivity contribution < 1.29 is 24.5 Å². The van der Waals surface area contributed by atoms with Gasteiger partial charge in [-0.15, -0.1) is 42.1 Å². The molecule has 1 aliphatic heterocycles. The Labute approximate surface area is 248 Å². The van der Waals surface area contributed by atoms with Crippen molar-refractivity contribution in [1.82, 2.24) is 9.88 Å². The van der Waals surface area contributed by atoms with Gasteiger partial charge in [-0.05, 0) is 49.0 Å². The summed E-state index contributed by atoms with van der Waals surface area (Å²) in [5, 5.41) is 8.43. The van der Waals surface area contributed by atoms with Crippen molar-refractivity contribution in [2.45, 2.75) is 19.9 Å². The molecular weight excluding hydrogens is 673 g/mol. The third-order valence-electron chi connectivity index (χ3n) is 6.55. The third-order valence-corrected chi connectivity index (χ3v) is 6.55. The molecule has 2 aromatic heterocycles. The number of aromatic nitrogens is 1. The van der Waals surface area contributed by atoms with Crippen LogP contribution in [0.3, 0.4) is 0 Å². The van der Waals surface area contributed by atoms with Gasteiger partial charge < -0.3 is 19.3 Å². The van der Waals surface area contributed by atoms with Crippen LogP contribution < -0.4 is 5.01 Å². The molecule has 6 aromatic rings. The minimum atomic E-state index is 0. The van der Waals surface area contributed by atoms with Crippen LogP contribution in [0.25, 0.3) is 44.3 Å². The van der Waals surface area contributed by atoms with Gasteiger partial charge in [0.1, 0.15) is 5.58 Å². The number of anilines is 1. The molecule has 0 unspecified atom stereocenters. The Bertz CT molecular complexity index is 1680. The summed E-state index contributed by atoms with van der Waals surface area (Å²) in [6, 6.07) is 41.2. The van der Waals surface area contributed by atoms with Crippen LogP contribution in [0.5, 0.6) is 0 Å². The van der Waals surface area contributed by atoms with E-state index < -0.39 is 0 Å². The molecule has 0 aliphatic carbocycles. The third kappa shape index (κ3) is 5.69. The van der Waals surface area contributed by atoms with Crippen LogP contribution in [0.1, 0.15) is 13.8 Å². The van der Waals surface area contributed by atoms with Crippen molar-refractivity contribution >= 4 is 34.0 Å². The van der Waals surface area contributed by atoms with Gasteiger partial charge in [0.05, 0.1) is 6.34 Å². The molecule has 40 heavy (non-hydrogen) atoms. The molecule has 1 aliphatic rings. The molecule has 5 nitrogen and oxygen atoms in total. The van der Waals surface area contributed by atoms with E-state index in [-0.39, 0.29) is 20.1 Å². The molecule has 7 rings (SSSR count). The van der Waals surface area contributed by atoms with Crippen LogP contribution in [-0.4, -0.2) is 22.3 Å². The average Bonchev–Trinajstić information content (AvgIpc) is 3.64. The second kappa shape index (κ2) is 12.3. The molecule has 4 aromatic carbocycles. The molecule has 0 fully saturated rings. The first kappa shape index (κ1) is 27.3. The second-order valence-electron chi connectivity index (χ2n) is 9.47. The number of furan rings is 1. The number of benzene rings is 4. The van der Waals surface area contributed by atoms with E-state index in [4.69, 9.17) is 4.42 Å². The van der Waals surface area contributed by atoms with Crippen molar-refractivity contribution in [2.24, 2.45) is 5.10 Å².